The molecule has 2 aliphatic rings. The monoisotopic (exact) mass is 224 g/mol. The van der Waals surface area contributed by atoms with Gasteiger partial charge in [-0.1, -0.05) is 6.92 Å². The molecule has 0 aromatic carbocycles. The van der Waals surface area contributed by atoms with E-state index in [0.29, 0.717) is 12.1 Å². The van der Waals surface area contributed by atoms with Gasteiger partial charge in [-0.3, -0.25) is 0 Å². The lowest BCUT2D eigenvalue weighted by molar-refractivity contribution is 0.145. The zero-order chi connectivity index (χ0) is 11.7. The highest BCUT2D eigenvalue weighted by Crippen LogP contribution is 2.47. The normalized spacial score (nSPS) is 37.9. The van der Waals surface area contributed by atoms with Gasteiger partial charge in [0.2, 0.25) is 0 Å². The van der Waals surface area contributed by atoms with Gasteiger partial charge in [-0.05, 0) is 63.8 Å². The first kappa shape index (κ1) is 12.4. The predicted octanol–water partition coefficient (Wildman–Crippen LogP) is 2.48. The molecule has 0 heterocycles. The average molecular weight is 224 g/mol. The summed E-state index contributed by atoms with van der Waals surface area (Å²) in [5.41, 5.74) is 6.38. The Labute approximate surface area is 101 Å². The Bertz CT molecular complexity index is 225. The van der Waals surface area contributed by atoms with E-state index in [2.05, 4.69) is 25.7 Å². The Morgan fingerprint density at radius 3 is 2.44 bits per heavy atom. The van der Waals surface area contributed by atoms with Gasteiger partial charge in [0.05, 0.1) is 0 Å². The topological polar surface area (TPSA) is 29.3 Å². The largest absolute Gasteiger partial charge is 0.327 e. The molecule has 0 amide bonds. The molecule has 2 saturated carbocycles. The summed E-state index contributed by atoms with van der Waals surface area (Å²) in [6.45, 7) is 9.38. The van der Waals surface area contributed by atoms with Crippen LogP contribution in [0.25, 0.3) is 0 Å². The summed E-state index contributed by atoms with van der Waals surface area (Å²) < 4.78 is 0. The molecule has 2 fully saturated rings. The number of nitrogens with zero attached hydrogens (tertiary/aromatic N) is 1. The van der Waals surface area contributed by atoms with Gasteiger partial charge >= 0.3 is 0 Å². The van der Waals surface area contributed by atoms with Crippen LogP contribution in [0, 0.1) is 17.8 Å². The molecule has 0 aliphatic heterocycles. The van der Waals surface area contributed by atoms with Gasteiger partial charge in [0.15, 0.2) is 0 Å². The van der Waals surface area contributed by atoms with Crippen molar-refractivity contribution in [2.75, 3.05) is 13.1 Å². The van der Waals surface area contributed by atoms with Crippen molar-refractivity contribution in [3.8, 4) is 0 Å². The first-order valence-corrected chi connectivity index (χ1v) is 7.13. The predicted molar refractivity (Wildman–Crippen MR) is 69.3 cm³/mol. The highest BCUT2D eigenvalue weighted by molar-refractivity contribution is 5.00. The molecular weight excluding hydrogens is 196 g/mol. The maximum Gasteiger partial charge on any atom is 0.0111 e. The second kappa shape index (κ2) is 5.05. The summed E-state index contributed by atoms with van der Waals surface area (Å²) in [6.07, 6.45) is 5.52. The van der Waals surface area contributed by atoms with E-state index in [4.69, 9.17) is 5.73 Å². The molecule has 4 atom stereocenters. The molecule has 0 aromatic heterocycles. The molecular formula is C14H28N2. The maximum absolute atomic E-state index is 6.38. The van der Waals surface area contributed by atoms with E-state index in [9.17, 15) is 0 Å². The molecule has 4 unspecified atom stereocenters. The second-order valence-corrected chi connectivity index (χ2v) is 6.16. The number of rotatable bonds is 5. The van der Waals surface area contributed by atoms with E-state index in [1.54, 1.807) is 0 Å². The van der Waals surface area contributed by atoms with Crippen LogP contribution in [0.3, 0.4) is 0 Å². The van der Waals surface area contributed by atoms with E-state index < -0.39 is 0 Å². The smallest absolute Gasteiger partial charge is 0.0111 e. The molecule has 2 nitrogen and oxygen atoms in total. The van der Waals surface area contributed by atoms with Crippen LogP contribution in [0.2, 0.25) is 0 Å². The minimum Gasteiger partial charge on any atom is -0.327 e. The lowest BCUT2D eigenvalue weighted by Crippen LogP contribution is -2.45. The maximum atomic E-state index is 6.38. The van der Waals surface area contributed by atoms with Crippen LogP contribution in [0.5, 0.6) is 0 Å². The fraction of sp³-hybridized carbons (Fsp3) is 1.00. The van der Waals surface area contributed by atoms with Crippen molar-refractivity contribution in [1.82, 2.24) is 4.90 Å². The van der Waals surface area contributed by atoms with Crippen molar-refractivity contribution in [1.29, 1.82) is 0 Å². The molecule has 0 radical (unpaired) electrons. The minimum atomic E-state index is 0.497. The second-order valence-electron chi connectivity index (χ2n) is 6.16. The number of hydrogen-bond acceptors (Lipinski definition) is 2. The summed E-state index contributed by atoms with van der Waals surface area (Å²) in [7, 11) is 0. The number of fused-ring (bicyclic) bond motifs is 2. The van der Waals surface area contributed by atoms with E-state index in [1.807, 2.05) is 0 Å². The SMILES string of the molecule is CCCN(CC1C2CCC(C2)C1N)C(C)C. The molecule has 2 N–H and O–H groups in total. The lowest BCUT2D eigenvalue weighted by Gasteiger charge is -2.35. The molecule has 94 valence electrons. The third-order valence-corrected chi connectivity index (χ3v) is 4.84. The Balaban J connectivity index is 1.92. The van der Waals surface area contributed by atoms with Crippen molar-refractivity contribution in [3.63, 3.8) is 0 Å². The van der Waals surface area contributed by atoms with Gasteiger partial charge in [-0.2, -0.15) is 0 Å². The van der Waals surface area contributed by atoms with Crippen LogP contribution in [-0.4, -0.2) is 30.1 Å². The molecule has 2 rings (SSSR count). The first-order chi connectivity index (χ1) is 7.63. The van der Waals surface area contributed by atoms with Crippen LogP contribution in [0.4, 0.5) is 0 Å². The van der Waals surface area contributed by atoms with Crippen LogP contribution in [0.15, 0.2) is 0 Å². The number of nitrogens with two attached hydrogens (primary N) is 1. The zero-order valence-electron chi connectivity index (χ0n) is 11.2. The Morgan fingerprint density at radius 2 is 1.94 bits per heavy atom. The molecule has 2 heteroatoms. The molecule has 0 aromatic rings. The minimum absolute atomic E-state index is 0.497. The third kappa shape index (κ3) is 2.28. The van der Waals surface area contributed by atoms with Crippen molar-refractivity contribution < 1.29 is 0 Å². The fourth-order valence-corrected chi connectivity index (χ4v) is 3.84. The Morgan fingerprint density at radius 1 is 1.25 bits per heavy atom. The molecule has 2 bridgehead atoms. The van der Waals surface area contributed by atoms with E-state index in [0.717, 1.165) is 17.8 Å². The average Bonchev–Trinajstić information content (AvgIpc) is 2.80. The van der Waals surface area contributed by atoms with Crippen molar-refractivity contribution in [3.05, 3.63) is 0 Å². The van der Waals surface area contributed by atoms with Crippen molar-refractivity contribution in [2.24, 2.45) is 23.5 Å². The highest BCUT2D eigenvalue weighted by atomic mass is 15.1. The Hall–Kier alpha value is -0.0800. The van der Waals surface area contributed by atoms with Crippen LogP contribution < -0.4 is 5.73 Å². The molecule has 0 spiro atoms. The molecule has 2 aliphatic carbocycles. The summed E-state index contributed by atoms with van der Waals surface area (Å²) in [5.74, 6) is 2.58. The summed E-state index contributed by atoms with van der Waals surface area (Å²) >= 11 is 0. The van der Waals surface area contributed by atoms with Crippen LogP contribution in [-0.2, 0) is 0 Å². The van der Waals surface area contributed by atoms with Gasteiger partial charge < -0.3 is 10.6 Å². The highest BCUT2D eigenvalue weighted by Gasteiger charge is 2.45. The zero-order valence-corrected chi connectivity index (χ0v) is 11.2. The molecule has 0 saturated heterocycles. The summed E-state index contributed by atoms with van der Waals surface area (Å²) in [4.78, 5) is 2.63. The summed E-state index contributed by atoms with van der Waals surface area (Å²) in [5, 5.41) is 0. The third-order valence-electron chi connectivity index (χ3n) is 4.84. The summed E-state index contributed by atoms with van der Waals surface area (Å²) in [6, 6.07) is 1.17. The quantitative estimate of drug-likeness (QED) is 0.777. The molecule has 16 heavy (non-hydrogen) atoms. The van der Waals surface area contributed by atoms with Gasteiger partial charge in [0, 0.05) is 18.6 Å². The van der Waals surface area contributed by atoms with Crippen LogP contribution in [0.1, 0.15) is 46.5 Å². The number of hydrogen-bond donors (Lipinski definition) is 1. The van der Waals surface area contributed by atoms with Gasteiger partial charge in [-0.15, -0.1) is 0 Å². The first-order valence-electron chi connectivity index (χ1n) is 7.13. The lowest BCUT2D eigenvalue weighted by atomic mass is 9.84. The van der Waals surface area contributed by atoms with Gasteiger partial charge in [0.25, 0.3) is 0 Å². The van der Waals surface area contributed by atoms with Gasteiger partial charge in [0.1, 0.15) is 0 Å². The fourth-order valence-electron chi connectivity index (χ4n) is 3.84. The van der Waals surface area contributed by atoms with Crippen molar-refractivity contribution in [2.45, 2.75) is 58.5 Å². The van der Waals surface area contributed by atoms with E-state index in [-0.39, 0.29) is 0 Å². The Kier molecular flexibility index (Phi) is 3.91. The van der Waals surface area contributed by atoms with Crippen LogP contribution >= 0.6 is 0 Å². The van der Waals surface area contributed by atoms with E-state index >= 15 is 0 Å². The van der Waals surface area contributed by atoms with Gasteiger partial charge in [-0.25, -0.2) is 0 Å². The van der Waals surface area contributed by atoms with Crippen molar-refractivity contribution >= 4 is 0 Å². The van der Waals surface area contributed by atoms with E-state index in [1.165, 1.54) is 38.8 Å². The standard InChI is InChI=1S/C14H28N2/c1-4-7-16(10(2)3)9-13-11-5-6-12(8-11)14(13)15/h10-14H,4-9,15H2,1-3H3.